The van der Waals surface area contributed by atoms with Gasteiger partial charge in [-0.1, -0.05) is 75.3 Å². The van der Waals surface area contributed by atoms with Crippen molar-refractivity contribution in [2.24, 2.45) is 5.92 Å². The van der Waals surface area contributed by atoms with Crippen molar-refractivity contribution in [3.8, 4) is 0 Å². The monoisotopic (exact) mass is 361 g/mol. The molecule has 148 valence electrons. The lowest BCUT2D eigenvalue weighted by Gasteiger charge is -2.09. The Kier molecular flexibility index (Phi) is 18.5. The third-order valence-electron chi connectivity index (χ3n) is 4.08. The zero-order chi connectivity index (χ0) is 19.3. The number of amides is 1. The Labute approximate surface area is 161 Å². The van der Waals surface area contributed by atoms with Crippen LogP contribution in [0.4, 0.5) is 0 Å². The maximum absolute atomic E-state index is 11.6. The number of rotatable bonds is 16. The summed E-state index contributed by atoms with van der Waals surface area (Å²) in [5.74, 6) is 0.0162. The maximum Gasteiger partial charge on any atom is 0.222 e. The van der Waals surface area contributed by atoms with Gasteiger partial charge in [0.05, 0.1) is 6.61 Å². The van der Waals surface area contributed by atoms with Crippen LogP contribution in [0.3, 0.4) is 0 Å². The summed E-state index contributed by atoms with van der Waals surface area (Å²) in [7, 11) is 0. The zero-order valence-electron chi connectivity index (χ0n) is 16.8. The van der Waals surface area contributed by atoms with Gasteiger partial charge in [-0.05, 0) is 44.9 Å². The summed E-state index contributed by atoms with van der Waals surface area (Å²) in [4.78, 5) is 11.6. The van der Waals surface area contributed by atoms with Gasteiger partial charge in [0.1, 0.15) is 0 Å². The molecular weight excluding hydrogens is 322 g/mol. The van der Waals surface area contributed by atoms with Crippen LogP contribution in [0, 0.1) is 5.92 Å². The number of carbonyl (C=O) groups excluding carboxylic acids is 1. The molecule has 0 saturated carbocycles. The number of aliphatic hydroxyl groups is 1. The normalized spacial score (nSPS) is 13.5. The average molecular weight is 362 g/mol. The number of hydrogen-bond acceptors (Lipinski definition) is 2. The van der Waals surface area contributed by atoms with Gasteiger partial charge in [-0.2, -0.15) is 0 Å². The van der Waals surface area contributed by atoms with Crippen molar-refractivity contribution < 1.29 is 9.90 Å². The topological polar surface area (TPSA) is 49.3 Å². The highest BCUT2D eigenvalue weighted by molar-refractivity contribution is 5.78. The lowest BCUT2D eigenvalue weighted by molar-refractivity contribution is -0.124. The summed E-state index contributed by atoms with van der Waals surface area (Å²) in [6.07, 6.45) is 27.5. The van der Waals surface area contributed by atoms with E-state index in [4.69, 9.17) is 5.11 Å². The van der Waals surface area contributed by atoms with E-state index in [1.54, 1.807) is 0 Å². The average Bonchev–Trinajstić information content (AvgIpc) is 2.65. The van der Waals surface area contributed by atoms with Gasteiger partial charge in [0.2, 0.25) is 5.91 Å². The SMILES string of the molecule is CCCCC/C=C\C/C=C\C/C=C\C/C=C\CCC(C)C(=O)NCCO. The molecule has 0 aromatic carbocycles. The lowest BCUT2D eigenvalue weighted by Crippen LogP contribution is -2.31. The quantitative estimate of drug-likeness (QED) is 0.282. The van der Waals surface area contributed by atoms with Crippen LogP contribution in [0.15, 0.2) is 48.6 Å². The Hall–Kier alpha value is -1.61. The molecule has 0 radical (unpaired) electrons. The van der Waals surface area contributed by atoms with E-state index >= 15 is 0 Å². The minimum Gasteiger partial charge on any atom is -0.395 e. The van der Waals surface area contributed by atoms with Gasteiger partial charge in [-0.25, -0.2) is 0 Å². The van der Waals surface area contributed by atoms with Crippen molar-refractivity contribution >= 4 is 5.91 Å². The summed E-state index contributed by atoms with van der Waals surface area (Å²) < 4.78 is 0. The predicted molar refractivity (Wildman–Crippen MR) is 113 cm³/mol. The molecule has 0 aliphatic rings. The molecule has 0 rings (SSSR count). The number of allylic oxidation sites excluding steroid dienone is 8. The molecule has 0 spiro atoms. The lowest BCUT2D eigenvalue weighted by atomic mass is 10.0. The predicted octanol–water partition coefficient (Wildman–Crippen LogP) is 5.49. The molecule has 0 aliphatic carbocycles. The van der Waals surface area contributed by atoms with Gasteiger partial charge in [0.15, 0.2) is 0 Å². The summed E-state index contributed by atoms with van der Waals surface area (Å²) in [5, 5.41) is 11.4. The van der Waals surface area contributed by atoms with Crippen LogP contribution in [0.1, 0.15) is 71.6 Å². The highest BCUT2D eigenvalue weighted by Gasteiger charge is 2.10. The molecule has 1 amide bonds. The fourth-order valence-corrected chi connectivity index (χ4v) is 2.39. The first-order valence-corrected chi connectivity index (χ1v) is 10.2. The fraction of sp³-hybridized carbons (Fsp3) is 0.609. The molecule has 0 aromatic heterocycles. The standard InChI is InChI=1S/C23H39NO2/c1-3-4-5-6-7-8-9-10-11-12-13-14-15-16-17-18-19-22(2)23(26)24-20-21-25/h7-8,10-11,13-14,16-17,22,25H,3-6,9,12,15,18-21H2,1-2H3,(H,24,26)/b8-7-,11-10-,14-13-,17-16-. The number of hydrogen-bond donors (Lipinski definition) is 2. The van der Waals surface area contributed by atoms with E-state index < -0.39 is 0 Å². The van der Waals surface area contributed by atoms with Crippen molar-refractivity contribution in [1.29, 1.82) is 0 Å². The molecule has 1 unspecified atom stereocenters. The van der Waals surface area contributed by atoms with E-state index in [2.05, 4.69) is 60.8 Å². The summed E-state index contributed by atoms with van der Waals surface area (Å²) in [6.45, 7) is 4.50. The van der Waals surface area contributed by atoms with Gasteiger partial charge in [0.25, 0.3) is 0 Å². The molecule has 0 bridgehead atoms. The molecule has 1 atom stereocenters. The van der Waals surface area contributed by atoms with Crippen LogP contribution < -0.4 is 5.32 Å². The third-order valence-corrected chi connectivity index (χ3v) is 4.08. The van der Waals surface area contributed by atoms with Crippen LogP contribution in [0.2, 0.25) is 0 Å². The summed E-state index contributed by atoms with van der Waals surface area (Å²) in [6, 6.07) is 0. The van der Waals surface area contributed by atoms with Gasteiger partial charge < -0.3 is 10.4 Å². The first kappa shape index (κ1) is 24.4. The van der Waals surface area contributed by atoms with Crippen molar-refractivity contribution in [3.63, 3.8) is 0 Å². The molecule has 0 aromatic rings. The number of carbonyl (C=O) groups is 1. The first-order valence-electron chi connectivity index (χ1n) is 10.2. The summed E-state index contributed by atoms with van der Waals surface area (Å²) in [5.41, 5.74) is 0. The van der Waals surface area contributed by atoms with Gasteiger partial charge in [-0.3, -0.25) is 4.79 Å². The molecule has 0 aliphatic heterocycles. The van der Waals surface area contributed by atoms with Crippen LogP contribution in [-0.4, -0.2) is 24.2 Å². The Morgan fingerprint density at radius 1 is 0.885 bits per heavy atom. The minimum atomic E-state index is -0.00688. The number of nitrogens with one attached hydrogen (secondary N) is 1. The number of unbranched alkanes of at least 4 members (excludes halogenated alkanes) is 3. The first-order chi connectivity index (χ1) is 12.7. The highest BCUT2D eigenvalue weighted by Crippen LogP contribution is 2.06. The van der Waals surface area contributed by atoms with Crippen molar-refractivity contribution in [1.82, 2.24) is 5.32 Å². The van der Waals surface area contributed by atoms with Gasteiger partial charge in [-0.15, -0.1) is 0 Å². The number of aliphatic hydroxyl groups excluding tert-OH is 1. The van der Waals surface area contributed by atoms with Crippen LogP contribution in [0.25, 0.3) is 0 Å². The fourth-order valence-electron chi connectivity index (χ4n) is 2.39. The summed E-state index contributed by atoms with van der Waals surface area (Å²) >= 11 is 0. The molecule has 2 N–H and O–H groups in total. The molecular formula is C23H39NO2. The third kappa shape index (κ3) is 17.2. The van der Waals surface area contributed by atoms with Crippen LogP contribution in [0.5, 0.6) is 0 Å². The molecule has 3 nitrogen and oxygen atoms in total. The van der Waals surface area contributed by atoms with E-state index in [0.29, 0.717) is 6.54 Å². The van der Waals surface area contributed by atoms with E-state index in [0.717, 1.165) is 32.1 Å². The molecule has 0 heterocycles. The highest BCUT2D eigenvalue weighted by atomic mass is 16.3. The van der Waals surface area contributed by atoms with Crippen LogP contribution in [-0.2, 0) is 4.79 Å². The van der Waals surface area contributed by atoms with E-state index in [9.17, 15) is 4.79 Å². The smallest absolute Gasteiger partial charge is 0.222 e. The van der Waals surface area contributed by atoms with Crippen molar-refractivity contribution in [3.05, 3.63) is 48.6 Å². The van der Waals surface area contributed by atoms with E-state index in [1.165, 1.54) is 25.7 Å². The Morgan fingerprint density at radius 3 is 1.96 bits per heavy atom. The molecule has 0 fully saturated rings. The van der Waals surface area contributed by atoms with Crippen LogP contribution >= 0.6 is 0 Å². The van der Waals surface area contributed by atoms with Crippen molar-refractivity contribution in [2.75, 3.05) is 13.2 Å². The molecule has 0 saturated heterocycles. The van der Waals surface area contributed by atoms with E-state index in [-0.39, 0.29) is 18.4 Å². The molecule has 26 heavy (non-hydrogen) atoms. The van der Waals surface area contributed by atoms with E-state index in [1.807, 2.05) is 6.92 Å². The zero-order valence-corrected chi connectivity index (χ0v) is 16.8. The Morgan fingerprint density at radius 2 is 1.42 bits per heavy atom. The second kappa shape index (κ2) is 19.7. The minimum absolute atomic E-state index is 0.00433. The second-order valence-electron chi connectivity index (χ2n) is 6.58. The van der Waals surface area contributed by atoms with Gasteiger partial charge >= 0.3 is 0 Å². The Bertz CT molecular complexity index is 435. The largest absolute Gasteiger partial charge is 0.395 e. The second-order valence-corrected chi connectivity index (χ2v) is 6.58. The Balaban J connectivity index is 3.58. The van der Waals surface area contributed by atoms with Gasteiger partial charge in [0, 0.05) is 12.5 Å². The van der Waals surface area contributed by atoms with Crippen molar-refractivity contribution in [2.45, 2.75) is 71.6 Å². The molecule has 3 heteroatoms. The maximum atomic E-state index is 11.6.